The Labute approximate surface area is 122 Å². The lowest BCUT2D eigenvalue weighted by Gasteiger charge is -2.12. The van der Waals surface area contributed by atoms with Gasteiger partial charge in [-0.1, -0.05) is 19.8 Å². The van der Waals surface area contributed by atoms with E-state index in [-0.39, 0.29) is 12.2 Å². The first-order valence-corrected chi connectivity index (χ1v) is 7.73. The maximum atomic E-state index is 12.0. The maximum Gasteiger partial charge on any atom is 0.374 e. The number of carbonyl (C=O) groups is 2. The van der Waals surface area contributed by atoms with Crippen LogP contribution in [-0.4, -0.2) is 38.6 Å². The van der Waals surface area contributed by atoms with Gasteiger partial charge in [-0.3, -0.25) is 4.79 Å². The van der Waals surface area contributed by atoms with Crippen LogP contribution in [0.2, 0.25) is 0 Å². The second-order valence-corrected chi connectivity index (χ2v) is 5.91. The quantitative estimate of drug-likeness (QED) is 0.685. The first kappa shape index (κ1) is 17.2. The van der Waals surface area contributed by atoms with Gasteiger partial charge in [0, 0.05) is 0 Å². The monoisotopic (exact) mass is 319 g/mol. The van der Waals surface area contributed by atoms with E-state index in [0.29, 0.717) is 6.42 Å². The SMILES string of the molecule is CCCCC(NS(=O)(=O)c1ccc(C(=O)OC)o1)C(=O)O. The van der Waals surface area contributed by atoms with Gasteiger partial charge < -0.3 is 14.3 Å². The van der Waals surface area contributed by atoms with Gasteiger partial charge in [0.1, 0.15) is 6.04 Å². The molecule has 1 aromatic heterocycles. The fourth-order valence-electron chi connectivity index (χ4n) is 1.56. The van der Waals surface area contributed by atoms with Gasteiger partial charge in [0.05, 0.1) is 7.11 Å². The number of hydrogen-bond acceptors (Lipinski definition) is 6. The number of sulfonamides is 1. The molecular weight excluding hydrogens is 302 g/mol. The number of furan rings is 1. The topological polar surface area (TPSA) is 123 Å². The van der Waals surface area contributed by atoms with Crippen molar-refractivity contribution < 1.29 is 32.3 Å². The highest BCUT2D eigenvalue weighted by Gasteiger charge is 2.28. The number of carboxylic acids is 1. The van der Waals surface area contributed by atoms with Gasteiger partial charge in [0.25, 0.3) is 10.0 Å². The third kappa shape index (κ3) is 4.57. The average molecular weight is 319 g/mol. The lowest BCUT2D eigenvalue weighted by molar-refractivity contribution is -0.139. The Bertz CT molecular complexity index is 605. The summed E-state index contributed by atoms with van der Waals surface area (Å²) in [5, 5.41) is 8.47. The average Bonchev–Trinajstić information content (AvgIpc) is 2.92. The maximum absolute atomic E-state index is 12.0. The molecule has 0 aliphatic heterocycles. The minimum absolute atomic E-state index is 0.162. The van der Waals surface area contributed by atoms with E-state index in [1.807, 2.05) is 11.6 Å². The normalized spacial score (nSPS) is 12.9. The Balaban J connectivity index is 2.91. The van der Waals surface area contributed by atoms with Crippen molar-refractivity contribution in [2.45, 2.75) is 37.3 Å². The summed E-state index contributed by atoms with van der Waals surface area (Å²) >= 11 is 0. The summed E-state index contributed by atoms with van der Waals surface area (Å²) in [7, 11) is -3.03. The molecule has 1 unspecified atom stereocenters. The molecule has 1 heterocycles. The second kappa shape index (κ2) is 7.23. The van der Waals surface area contributed by atoms with Gasteiger partial charge in [0.2, 0.25) is 10.9 Å². The highest BCUT2D eigenvalue weighted by Crippen LogP contribution is 2.16. The van der Waals surface area contributed by atoms with Crippen LogP contribution in [0.15, 0.2) is 21.6 Å². The molecule has 0 spiro atoms. The Kier molecular flexibility index (Phi) is 5.91. The molecule has 0 aliphatic rings. The van der Waals surface area contributed by atoms with Crippen LogP contribution in [0.1, 0.15) is 36.7 Å². The molecule has 9 heteroatoms. The Morgan fingerprint density at radius 2 is 2.10 bits per heavy atom. The number of rotatable bonds is 8. The minimum Gasteiger partial charge on any atom is -0.480 e. The van der Waals surface area contributed by atoms with E-state index < -0.39 is 33.1 Å². The van der Waals surface area contributed by atoms with E-state index in [0.717, 1.165) is 25.7 Å². The largest absolute Gasteiger partial charge is 0.480 e. The van der Waals surface area contributed by atoms with Gasteiger partial charge in [-0.2, -0.15) is 4.72 Å². The summed E-state index contributed by atoms with van der Waals surface area (Å²) in [6.07, 6.45) is 1.46. The Morgan fingerprint density at radius 3 is 2.62 bits per heavy atom. The molecule has 0 saturated heterocycles. The van der Waals surface area contributed by atoms with Gasteiger partial charge in [0.15, 0.2) is 0 Å². The number of aliphatic carboxylic acids is 1. The fourth-order valence-corrected chi connectivity index (χ4v) is 2.72. The third-order valence-corrected chi connectivity index (χ3v) is 4.02. The summed E-state index contributed by atoms with van der Waals surface area (Å²) in [6, 6.07) is 0.955. The molecule has 1 rings (SSSR count). The zero-order chi connectivity index (χ0) is 16.0. The molecule has 0 aromatic carbocycles. The first-order valence-electron chi connectivity index (χ1n) is 6.25. The third-order valence-electron chi connectivity index (χ3n) is 2.67. The van der Waals surface area contributed by atoms with Crippen molar-refractivity contribution in [2.24, 2.45) is 0 Å². The zero-order valence-corrected chi connectivity index (χ0v) is 12.5. The summed E-state index contributed by atoms with van der Waals surface area (Å²) in [4.78, 5) is 22.2. The second-order valence-electron chi connectivity index (χ2n) is 4.26. The van der Waals surface area contributed by atoms with Gasteiger partial charge in [-0.15, -0.1) is 0 Å². The fraction of sp³-hybridized carbons (Fsp3) is 0.500. The summed E-state index contributed by atoms with van der Waals surface area (Å²) in [5.41, 5.74) is 0. The molecule has 21 heavy (non-hydrogen) atoms. The molecule has 0 radical (unpaired) electrons. The number of ether oxygens (including phenoxy) is 1. The van der Waals surface area contributed by atoms with Gasteiger partial charge >= 0.3 is 11.9 Å². The summed E-state index contributed by atoms with van der Waals surface area (Å²) < 4.78 is 35.3. The predicted octanol–water partition coefficient (Wildman–Crippen LogP) is 0.988. The van der Waals surface area contributed by atoms with Crippen LogP contribution in [0.4, 0.5) is 0 Å². The van der Waals surface area contributed by atoms with E-state index >= 15 is 0 Å². The molecule has 8 nitrogen and oxygen atoms in total. The van der Waals surface area contributed by atoms with Crippen molar-refractivity contribution in [1.82, 2.24) is 4.72 Å². The van der Waals surface area contributed by atoms with E-state index in [9.17, 15) is 18.0 Å². The van der Waals surface area contributed by atoms with Gasteiger partial charge in [-0.05, 0) is 18.6 Å². The Morgan fingerprint density at radius 1 is 1.43 bits per heavy atom. The van der Waals surface area contributed by atoms with E-state index in [4.69, 9.17) is 9.52 Å². The van der Waals surface area contributed by atoms with Crippen LogP contribution in [0.25, 0.3) is 0 Å². The number of carboxylic acid groups (broad SMARTS) is 1. The summed E-state index contributed by atoms with van der Waals surface area (Å²) in [5.74, 6) is -2.37. The van der Waals surface area contributed by atoms with E-state index in [1.54, 1.807) is 0 Å². The predicted molar refractivity (Wildman–Crippen MR) is 71.3 cm³/mol. The van der Waals surface area contributed by atoms with Crippen molar-refractivity contribution in [3.63, 3.8) is 0 Å². The van der Waals surface area contributed by atoms with Crippen molar-refractivity contribution in [1.29, 1.82) is 0 Å². The molecule has 2 N–H and O–H groups in total. The summed E-state index contributed by atoms with van der Waals surface area (Å²) in [6.45, 7) is 1.86. The van der Waals surface area contributed by atoms with Crippen LogP contribution in [0, 0.1) is 0 Å². The van der Waals surface area contributed by atoms with Crippen molar-refractivity contribution in [2.75, 3.05) is 7.11 Å². The van der Waals surface area contributed by atoms with Crippen molar-refractivity contribution in [3.05, 3.63) is 17.9 Å². The number of carbonyl (C=O) groups excluding carboxylic acids is 1. The van der Waals surface area contributed by atoms with Crippen molar-refractivity contribution in [3.8, 4) is 0 Å². The first-order chi connectivity index (χ1) is 9.81. The number of hydrogen-bond donors (Lipinski definition) is 2. The molecule has 0 fully saturated rings. The van der Waals surface area contributed by atoms with Crippen LogP contribution >= 0.6 is 0 Å². The number of unbranched alkanes of at least 4 members (excludes halogenated alkanes) is 1. The smallest absolute Gasteiger partial charge is 0.374 e. The molecule has 1 aromatic rings. The lowest BCUT2D eigenvalue weighted by Crippen LogP contribution is -2.40. The van der Waals surface area contributed by atoms with Crippen LogP contribution in [0.5, 0.6) is 0 Å². The van der Waals surface area contributed by atoms with E-state index in [1.165, 1.54) is 0 Å². The minimum atomic E-state index is -4.16. The molecule has 0 aliphatic carbocycles. The molecular formula is C12H17NO7S. The molecule has 118 valence electrons. The number of methoxy groups -OCH3 is 1. The number of esters is 1. The zero-order valence-electron chi connectivity index (χ0n) is 11.7. The highest BCUT2D eigenvalue weighted by atomic mass is 32.2. The lowest BCUT2D eigenvalue weighted by atomic mass is 10.1. The van der Waals surface area contributed by atoms with E-state index in [2.05, 4.69) is 4.74 Å². The van der Waals surface area contributed by atoms with Gasteiger partial charge in [-0.25, -0.2) is 13.2 Å². The number of nitrogens with one attached hydrogen (secondary N) is 1. The molecule has 0 amide bonds. The molecule has 0 saturated carbocycles. The van der Waals surface area contributed by atoms with Crippen LogP contribution in [0.3, 0.4) is 0 Å². The van der Waals surface area contributed by atoms with Crippen molar-refractivity contribution >= 4 is 22.0 Å². The van der Waals surface area contributed by atoms with Crippen LogP contribution < -0.4 is 4.72 Å². The standard InChI is InChI=1S/C12H17NO7S/c1-3-4-5-8(11(14)15)13-21(17,18)10-7-6-9(20-10)12(16)19-2/h6-8,13H,3-5H2,1-2H3,(H,14,15). The highest BCUT2D eigenvalue weighted by molar-refractivity contribution is 7.89. The molecule has 0 bridgehead atoms. The Hall–Kier alpha value is -1.87. The van der Waals surface area contributed by atoms with Crippen LogP contribution in [-0.2, 0) is 19.6 Å². The molecule has 1 atom stereocenters.